The first-order chi connectivity index (χ1) is 12.7. The zero-order valence-corrected chi connectivity index (χ0v) is 15.5. The molecule has 1 aromatic heterocycles. The first-order valence-electron chi connectivity index (χ1n) is 8.41. The molecule has 0 unspecified atom stereocenters. The van der Waals surface area contributed by atoms with Crippen molar-refractivity contribution in [1.29, 1.82) is 0 Å². The Labute approximate surface area is 160 Å². The highest BCUT2D eigenvalue weighted by molar-refractivity contribution is 7.13. The van der Waals surface area contributed by atoms with Gasteiger partial charge in [0.25, 0.3) is 0 Å². The summed E-state index contributed by atoms with van der Waals surface area (Å²) in [5.41, 5.74) is 2.68. The number of amides is 1. The lowest BCUT2D eigenvalue weighted by Gasteiger charge is -2.26. The van der Waals surface area contributed by atoms with Crippen LogP contribution in [0.25, 0.3) is 10.6 Å². The van der Waals surface area contributed by atoms with Crippen molar-refractivity contribution in [3.05, 3.63) is 70.2 Å². The van der Waals surface area contributed by atoms with Crippen LogP contribution in [0.1, 0.15) is 23.7 Å². The molecule has 1 aliphatic heterocycles. The van der Waals surface area contributed by atoms with E-state index in [0.717, 1.165) is 34.0 Å². The smallest absolute Gasteiger partial charge is 0.226 e. The van der Waals surface area contributed by atoms with Gasteiger partial charge in [-0.25, -0.2) is 4.98 Å². The molecule has 6 heteroatoms. The molecule has 0 fully saturated rings. The summed E-state index contributed by atoms with van der Waals surface area (Å²) in [5, 5.41) is 6.51. The molecule has 0 aliphatic carbocycles. The number of rotatable bonds is 4. The minimum absolute atomic E-state index is 0.0193. The van der Waals surface area contributed by atoms with Gasteiger partial charge >= 0.3 is 0 Å². The molecule has 2 aromatic carbocycles. The molecule has 26 heavy (non-hydrogen) atoms. The van der Waals surface area contributed by atoms with Crippen LogP contribution in [0.5, 0.6) is 5.75 Å². The van der Waals surface area contributed by atoms with Crippen LogP contribution < -0.4 is 10.1 Å². The van der Waals surface area contributed by atoms with Crippen LogP contribution in [0.4, 0.5) is 0 Å². The van der Waals surface area contributed by atoms with E-state index in [1.165, 1.54) is 11.3 Å². The molecule has 4 nitrogen and oxygen atoms in total. The van der Waals surface area contributed by atoms with Gasteiger partial charge in [-0.3, -0.25) is 4.79 Å². The fourth-order valence-electron chi connectivity index (χ4n) is 3.05. The van der Waals surface area contributed by atoms with Crippen LogP contribution in [0.2, 0.25) is 5.02 Å². The number of aromatic nitrogens is 1. The molecule has 0 radical (unpaired) electrons. The average molecular weight is 385 g/mol. The number of halogens is 1. The van der Waals surface area contributed by atoms with Gasteiger partial charge < -0.3 is 10.1 Å². The summed E-state index contributed by atoms with van der Waals surface area (Å²) < 4.78 is 5.64. The van der Waals surface area contributed by atoms with Gasteiger partial charge in [-0.1, -0.05) is 48.0 Å². The topological polar surface area (TPSA) is 51.2 Å². The van der Waals surface area contributed by atoms with Crippen LogP contribution in [-0.2, 0) is 11.2 Å². The molecular weight excluding hydrogens is 368 g/mol. The van der Waals surface area contributed by atoms with Crippen LogP contribution in [0, 0.1) is 0 Å². The van der Waals surface area contributed by atoms with Crippen molar-refractivity contribution >= 4 is 28.8 Å². The van der Waals surface area contributed by atoms with Gasteiger partial charge in [-0.15, -0.1) is 11.3 Å². The summed E-state index contributed by atoms with van der Waals surface area (Å²) in [6, 6.07) is 15.4. The summed E-state index contributed by atoms with van der Waals surface area (Å²) >= 11 is 7.72. The van der Waals surface area contributed by atoms with Gasteiger partial charge in [0.1, 0.15) is 10.8 Å². The molecule has 1 amide bonds. The standard InChI is InChI=1S/C20H17ClN2O2S/c21-16-7-3-1-5-14(16)20-22-13(12-26-20)11-19(24)23-17-9-10-25-18-8-4-2-6-15(17)18/h1-8,12,17H,9-11H2,(H,23,24)/t17-/m1/s1. The number of para-hydroxylation sites is 1. The molecule has 0 bridgehead atoms. The quantitative estimate of drug-likeness (QED) is 0.712. The van der Waals surface area contributed by atoms with Crippen LogP contribution in [0.15, 0.2) is 53.9 Å². The summed E-state index contributed by atoms with van der Waals surface area (Å²) in [5.74, 6) is 0.807. The van der Waals surface area contributed by atoms with E-state index in [4.69, 9.17) is 16.3 Å². The maximum atomic E-state index is 12.5. The molecule has 3 aromatic rings. The summed E-state index contributed by atoms with van der Waals surface area (Å²) in [6.07, 6.45) is 1.02. The van der Waals surface area contributed by atoms with Crippen molar-refractivity contribution in [2.75, 3.05) is 6.61 Å². The minimum Gasteiger partial charge on any atom is -0.493 e. The van der Waals surface area contributed by atoms with Crippen LogP contribution in [0.3, 0.4) is 0 Å². The predicted octanol–water partition coefficient (Wildman–Crippen LogP) is 4.65. The molecule has 0 saturated heterocycles. The third kappa shape index (κ3) is 3.59. The Morgan fingerprint density at radius 3 is 2.92 bits per heavy atom. The van der Waals surface area contributed by atoms with E-state index in [2.05, 4.69) is 10.3 Å². The molecule has 4 rings (SSSR count). The Morgan fingerprint density at radius 1 is 1.23 bits per heavy atom. The number of hydrogen-bond acceptors (Lipinski definition) is 4. The second-order valence-corrected chi connectivity index (χ2v) is 7.36. The predicted molar refractivity (Wildman–Crippen MR) is 104 cm³/mol. The fraction of sp³-hybridized carbons (Fsp3) is 0.200. The van der Waals surface area contributed by atoms with Crippen molar-refractivity contribution < 1.29 is 9.53 Å². The first-order valence-corrected chi connectivity index (χ1v) is 9.67. The molecule has 0 spiro atoms. The van der Waals surface area contributed by atoms with E-state index < -0.39 is 0 Å². The Kier molecular flexibility index (Phi) is 4.91. The van der Waals surface area contributed by atoms with Crippen molar-refractivity contribution in [2.24, 2.45) is 0 Å². The third-order valence-electron chi connectivity index (χ3n) is 4.29. The fourth-order valence-corrected chi connectivity index (χ4v) is 4.19. The summed E-state index contributed by atoms with van der Waals surface area (Å²) in [7, 11) is 0. The minimum atomic E-state index is -0.0392. The zero-order valence-electron chi connectivity index (χ0n) is 13.9. The Balaban J connectivity index is 1.44. The lowest BCUT2D eigenvalue weighted by molar-refractivity contribution is -0.121. The number of carbonyl (C=O) groups is 1. The number of benzene rings is 2. The molecule has 1 aliphatic rings. The summed E-state index contributed by atoms with van der Waals surface area (Å²) in [6.45, 7) is 0.606. The highest BCUT2D eigenvalue weighted by atomic mass is 35.5. The first kappa shape index (κ1) is 17.1. The molecule has 1 N–H and O–H groups in total. The summed E-state index contributed by atoms with van der Waals surface area (Å²) in [4.78, 5) is 17.1. The maximum absolute atomic E-state index is 12.5. The second-order valence-electron chi connectivity index (χ2n) is 6.10. The average Bonchev–Trinajstić information content (AvgIpc) is 3.10. The molecule has 1 atom stereocenters. The van der Waals surface area contributed by atoms with E-state index in [9.17, 15) is 4.79 Å². The number of fused-ring (bicyclic) bond motifs is 1. The Hall–Kier alpha value is -2.37. The molecule has 0 saturated carbocycles. The van der Waals surface area contributed by atoms with Gasteiger partial charge in [0, 0.05) is 22.9 Å². The number of thiazole rings is 1. The van der Waals surface area contributed by atoms with Gasteiger partial charge in [0.2, 0.25) is 5.91 Å². The zero-order chi connectivity index (χ0) is 17.9. The van der Waals surface area contributed by atoms with Crippen LogP contribution in [-0.4, -0.2) is 17.5 Å². The Morgan fingerprint density at radius 2 is 2.04 bits per heavy atom. The molecular formula is C20H17ClN2O2S. The highest BCUT2D eigenvalue weighted by Crippen LogP contribution is 2.32. The van der Waals surface area contributed by atoms with Crippen molar-refractivity contribution in [1.82, 2.24) is 10.3 Å². The second kappa shape index (κ2) is 7.48. The van der Waals surface area contributed by atoms with E-state index in [1.54, 1.807) is 0 Å². The van der Waals surface area contributed by atoms with Gasteiger partial charge in [0.15, 0.2) is 0 Å². The normalized spacial score (nSPS) is 15.8. The number of hydrogen-bond donors (Lipinski definition) is 1. The van der Waals surface area contributed by atoms with Crippen molar-refractivity contribution in [3.8, 4) is 16.3 Å². The van der Waals surface area contributed by atoms with Gasteiger partial charge in [-0.2, -0.15) is 0 Å². The van der Waals surface area contributed by atoms with Crippen molar-refractivity contribution in [3.63, 3.8) is 0 Å². The highest BCUT2D eigenvalue weighted by Gasteiger charge is 2.23. The van der Waals surface area contributed by atoms with Crippen LogP contribution >= 0.6 is 22.9 Å². The largest absolute Gasteiger partial charge is 0.493 e. The monoisotopic (exact) mass is 384 g/mol. The Bertz CT molecular complexity index is 941. The number of nitrogens with zero attached hydrogens (tertiary/aromatic N) is 1. The number of ether oxygens (including phenoxy) is 1. The van der Waals surface area contributed by atoms with E-state index in [1.807, 2.05) is 53.9 Å². The molecule has 2 heterocycles. The number of carbonyl (C=O) groups excluding carboxylic acids is 1. The van der Waals surface area contributed by atoms with E-state index in [0.29, 0.717) is 11.6 Å². The maximum Gasteiger partial charge on any atom is 0.226 e. The van der Waals surface area contributed by atoms with Gasteiger partial charge in [0.05, 0.1) is 29.8 Å². The third-order valence-corrected chi connectivity index (χ3v) is 5.55. The van der Waals surface area contributed by atoms with Gasteiger partial charge in [-0.05, 0) is 12.1 Å². The van der Waals surface area contributed by atoms with E-state index in [-0.39, 0.29) is 18.4 Å². The lowest BCUT2D eigenvalue weighted by Crippen LogP contribution is -2.33. The van der Waals surface area contributed by atoms with Crippen molar-refractivity contribution in [2.45, 2.75) is 18.9 Å². The lowest BCUT2D eigenvalue weighted by atomic mass is 10.0. The number of nitrogens with one attached hydrogen (secondary N) is 1. The molecule has 132 valence electrons. The van der Waals surface area contributed by atoms with E-state index >= 15 is 0 Å². The SMILES string of the molecule is O=C(Cc1csc(-c2ccccc2Cl)n1)N[C@@H]1CCOc2ccccc21.